The molecule has 0 radical (unpaired) electrons. The van der Waals surface area contributed by atoms with Crippen molar-refractivity contribution in [1.82, 2.24) is 0 Å². The van der Waals surface area contributed by atoms with E-state index in [1.165, 1.54) is 113 Å². The van der Waals surface area contributed by atoms with E-state index in [0.717, 1.165) is 23.7 Å². The molecule has 12 rings (SSSR count). The zero-order valence-electron chi connectivity index (χ0n) is 35.7. The summed E-state index contributed by atoms with van der Waals surface area (Å²) in [7, 11) is 0. The van der Waals surface area contributed by atoms with E-state index in [1.54, 1.807) is 11.1 Å². The van der Waals surface area contributed by atoms with Gasteiger partial charge in [0.15, 0.2) is 0 Å². The van der Waals surface area contributed by atoms with Crippen molar-refractivity contribution < 1.29 is 0 Å². The van der Waals surface area contributed by atoms with Gasteiger partial charge in [0, 0.05) is 11.1 Å². The minimum Gasteiger partial charge on any atom is -0.310 e. The molecule has 6 unspecified atom stereocenters. The largest absolute Gasteiger partial charge is 0.310 e. The first kappa shape index (κ1) is 34.9. The van der Waals surface area contributed by atoms with Crippen molar-refractivity contribution in [3.8, 4) is 22.3 Å². The summed E-state index contributed by atoms with van der Waals surface area (Å²) in [6.07, 6.45) is 10.7. The van der Waals surface area contributed by atoms with Crippen LogP contribution in [0.1, 0.15) is 140 Å². The highest BCUT2D eigenvalue weighted by atomic mass is 15.2. The summed E-state index contributed by atoms with van der Waals surface area (Å²) >= 11 is 0. The molecule has 1 nitrogen and oxygen atoms in total. The summed E-state index contributed by atoms with van der Waals surface area (Å²) < 4.78 is 0. The standard InChI is InChI=1S/C56H61N/c1-51(2)25-27-53(5,6)49-42(51)19-13-21-44(49)57(45-22-14-20-43-50(45)54(7,8)28-26-52(43,3)4)37-23-24-40-39(32-37)48-38(35-15-10-9-11-16-35)17-12-18-41(48)56(40)46-30-34-29-36-31-47(56)55(36,46)33-34/h9-24,32,34,36,46-47H,25-31,33H2,1-8H3. The quantitative estimate of drug-likeness (QED) is 0.177. The first-order valence-electron chi connectivity index (χ1n) is 22.6. The third-order valence-electron chi connectivity index (χ3n) is 18.2. The molecular weight excluding hydrogens is 687 g/mol. The highest BCUT2D eigenvalue weighted by molar-refractivity contribution is 5.96. The molecule has 5 aromatic carbocycles. The van der Waals surface area contributed by atoms with Crippen LogP contribution in [0.2, 0.25) is 0 Å². The number of anilines is 3. The topological polar surface area (TPSA) is 3.24 Å². The Morgan fingerprint density at radius 2 is 1.07 bits per heavy atom. The summed E-state index contributed by atoms with van der Waals surface area (Å²) in [6, 6.07) is 41.2. The summed E-state index contributed by atoms with van der Waals surface area (Å²) in [5.74, 6) is 3.49. The Labute approximate surface area is 342 Å². The van der Waals surface area contributed by atoms with Crippen molar-refractivity contribution in [2.24, 2.45) is 29.1 Å². The van der Waals surface area contributed by atoms with Gasteiger partial charge in [0.1, 0.15) is 0 Å². The zero-order valence-corrected chi connectivity index (χ0v) is 35.7. The van der Waals surface area contributed by atoms with E-state index < -0.39 is 0 Å². The Morgan fingerprint density at radius 1 is 0.491 bits per heavy atom. The first-order valence-corrected chi connectivity index (χ1v) is 22.6. The van der Waals surface area contributed by atoms with Gasteiger partial charge in [0.2, 0.25) is 0 Å². The Hall–Kier alpha value is -4.10. The highest BCUT2D eigenvalue weighted by Crippen LogP contribution is 2.90. The predicted octanol–water partition coefficient (Wildman–Crippen LogP) is 14.9. The second kappa shape index (κ2) is 10.9. The van der Waals surface area contributed by atoms with E-state index in [9.17, 15) is 0 Å². The van der Waals surface area contributed by atoms with Gasteiger partial charge in [0.25, 0.3) is 0 Å². The third-order valence-corrected chi connectivity index (χ3v) is 18.2. The average molecular weight is 748 g/mol. The fourth-order valence-electron chi connectivity index (χ4n) is 15.6. The van der Waals surface area contributed by atoms with E-state index in [0.29, 0.717) is 5.41 Å². The van der Waals surface area contributed by atoms with Gasteiger partial charge < -0.3 is 4.90 Å². The van der Waals surface area contributed by atoms with Crippen molar-refractivity contribution in [3.63, 3.8) is 0 Å². The lowest BCUT2D eigenvalue weighted by Gasteiger charge is -2.76. The van der Waals surface area contributed by atoms with E-state index in [1.807, 2.05) is 0 Å². The average Bonchev–Trinajstić information content (AvgIpc) is 3.83. The Morgan fingerprint density at radius 3 is 1.70 bits per heavy atom. The molecule has 0 aliphatic heterocycles. The Balaban J connectivity index is 1.15. The van der Waals surface area contributed by atoms with E-state index in [-0.39, 0.29) is 27.1 Å². The molecule has 290 valence electrons. The molecule has 7 aliphatic rings. The number of nitrogens with zero attached hydrogens (tertiary/aromatic N) is 1. The van der Waals surface area contributed by atoms with E-state index >= 15 is 0 Å². The minimum absolute atomic E-state index is 0.0555. The van der Waals surface area contributed by atoms with Crippen molar-refractivity contribution in [2.45, 2.75) is 134 Å². The molecule has 0 N–H and O–H groups in total. The van der Waals surface area contributed by atoms with Crippen LogP contribution in [0.5, 0.6) is 0 Å². The molecule has 0 saturated heterocycles. The third kappa shape index (κ3) is 4.18. The van der Waals surface area contributed by atoms with Gasteiger partial charge in [-0.1, -0.05) is 134 Å². The fourth-order valence-corrected chi connectivity index (χ4v) is 15.6. The van der Waals surface area contributed by atoms with E-state index in [4.69, 9.17) is 0 Å². The summed E-state index contributed by atoms with van der Waals surface area (Å²) in [6.45, 7) is 20.0. The smallest absolute Gasteiger partial charge is 0.0502 e. The molecule has 0 amide bonds. The molecule has 57 heavy (non-hydrogen) atoms. The van der Waals surface area contributed by atoms with Crippen molar-refractivity contribution in [3.05, 3.63) is 137 Å². The van der Waals surface area contributed by atoms with Gasteiger partial charge in [-0.25, -0.2) is 0 Å². The van der Waals surface area contributed by atoms with Crippen LogP contribution in [-0.2, 0) is 27.1 Å². The zero-order chi connectivity index (χ0) is 39.1. The number of benzene rings is 5. The van der Waals surface area contributed by atoms with Gasteiger partial charge in [0.05, 0.1) is 11.4 Å². The molecular formula is C56H61N. The molecule has 0 heterocycles. The normalized spacial score (nSPS) is 31.6. The maximum Gasteiger partial charge on any atom is 0.0502 e. The minimum atomic E-state index is 0.0555. The second-order valence-corrected chi connectivity index (χ2v) is 22.7. The first-order chi connectivity index (χ1) is 27.2. The van der Waals surface area contributed by atoms with Crippen molar-refractivity contribution >= 4 is 17.1 Å². The predicted molar refractivity (Wildman–Crippen MR) is 238 cm³/mol. The van der Waals surface area contributed by atoms with Crippen molar-refractivity contribution in [1.29, 1.82) is 0 Å². The van der Waals surface area contributed by atoms with Crippen LogP contribution in [0.4, 0.5) is 17.1 Å². The molecule has 4 fully saturated rings. The second-order valence-electron chi connectivity index (χ2n) is 22.7. The monoisotopic (exact) mass is 747 g/mol. The molecule has 6 atom stereocenters. The number of rotatable bonds is 4. The maximum atomic E-state index is 2.76. The van der Waals surface area contributed by atoms with E-state index in [2.05, 4.69) is 163 Å². The van der Waals surface area contributed by atoms with Gasteiger partial charge in [-0.2, -0.15) is 0 Å². The highest BCUT2D eigenvalue weighted by Gasteiger charge is 2.84. The van der Waals surface area contributed by atoms with Gasteiger partial charge in [-0.15, -0.1) is 0 Å². The van der Waals surface area contributed by atoms with Crippen LogP contribution in [-0.4, -0.2) is 0 Å². The van der Waals surface area contributed by atoms with Crippen LogP contribution in [0, 0.1) is 29.1 Å². The van der Waals surface area contributed by atoms with Gasteiger partial charge in [-0.3, -0.25) is 0 Å². The fraction of sp³-hybridized carbons (Fsp3) is 0.464. The molecule has 0 aromatic heterocycles. The lowest BCUT2D eigenvalue weighted by Crippen LogP contribution is -2.73. The van der Waals surface area contributed by atoms with Crippen LogP contribution in [0.15, 0.2) is 103 Å². The van der Waals surface area contributed by atoms with Crippen LogP contribution < -0.4 is 4.90 Å². The Kier molecular flexibility index (Phi) is 6.69. The molecule has 2 spiro atoms. The number of fused-ring (bicyclic) bond motifs is 10. The molecule has 7 aliphatic carbocycles. The maximum absolute atomic E-state index is 2.76. The summed E-state index contributed by atoms with van der Waals surface area (Å²) in [5, 5.41) is 0. The number of hydrogen-bond acceptors (Lipinski definition) is 1. The van der Waals surface area contributed by atoms with Gasteiger partial charge >= 0.3 is 0 Å². The summed E-state index contributed by atoms with van der Waals surface area (Å²) in [4.78, 5) is 2.76. The van der Waals surface area contributed by atoms with Crippen LogP contribution in [0.3, 0.4) is 0 Å². The molecule has 2 bridgehead atoms. The molecule has 1 heteroatoms. The van der Waals surface area contributed by atoms with Crippen LogP contribution >= 0.6 is 0 Å². The number of hydrogen-bond donors (Lipinski definition) is 0. The Bertz CT molecular complexity index is 2450. The summed E-state index contributed by atoms with van der Waals surface area (Å²) in [5.41, 5.74) is 20.4. The lowest BCUT2D eigenvalue weighted by molar-refractivity contribution is -0.231. The van der Waals surface area contributed by atoms with Crippen LogP contribution in [0.25, 0.3) is 22.3 Å². The van der Waals surface area contributed by atoms with Gasteiger partial charge in [-0.05, 0) is 182 Å². The SMILES string of the molecule is CC1(C)CCC(C)(C)c2c(N(c3ccc4c(c3)-c3c(-c5ccccc5)cccc3C43C4CC5CC6CC3C64C5)c3cccc4c3C(C)(C)CCC4(C)C)cccc21. The molecule has 4 saturated carbocycles. The van der Waals surface area contributed by atoms with Crippen molar-refractivity contribution in [2.75, 3.05) is 4.90 Å². The molecule has 5 aromatic rings. The lowest BCUT2D eigenvalue weighted by atomic mass is 9.27.